The highest BCUT2D eigenvalue weighted by Gasteiger charge is 2.29. The van der Waals surface area contributed by atoms with Gasteiger partial charge in [-0.25, -0.2) is 5.48 Å². The number of hydrogen-bond acceptors (Lipinski definition) is 7. The summed E-state index contributed by atoms with van der Waals surface area (Å²) in [5.41, 5.74) is 0.529. The Balaban J connectivity index is 2.69. The first-order chi connectivity index (χ1) is 12.3. The van der Waals surface area contributed by atoms with Crippen molar-refractivity contribution in [2.24, 2.45) is 0 Å². The minimum absolute atomic E-state index is 0.0660. The van der Waals surface area contributed by atoms with Crippen LogP contribution in [0, 0.1) is 20.2 Å². The first-order valence-electron chi connectivity index (χ1n) is 7.53. The number of amides is 1. The van der Waals surface area contributed by atoms with E-state index in [2.05, 4.69) is 5.32 Å². The van der Waals surface area contributed by atoms with Crippen LogP contribution in [0.1, 0.15) is 35.7 Å². The average Bonchev–Trinajstić information content (AvgIpc) is 2.60. The van der Waals surface area contributed by atoms with Crippen LogP contribution in [0.25, 0.3) is 0 Å². The van der Waals surface area contributed by atoms with Gasteiger partial charge < -0.3 is 5.32 Å². The van der Waals surface area contributed by atoms with Crippen LogP contribution in [-0.2, 0) is 0 Å². The highest BCUT2D eigenvalue weighted by atomic mass is 16.6. The highest BCUT2D eigenvalue weighted by Crippen LogP contribution is 2.39. The summed E-state index contributed by atoms with van der Waals surface area (Å²) in [6, 6.07) is 8.66. The van der Waals surface area contributed by atoms with Crippen LogP contribution in [0.5, 0.6) is 0 Å². The third kappa shape index (κ3) is 3.75. The molecule has 0 atom stereocenters. The van der Waals surface area contributed by atoms with Gasteiger partial charge >= 0.3 is 11.4 Å². The standard InChI is InChI=1S/C16H16N4O6/c1-9(2)11-5-3-4-6-12(11)17-15-13(19(23)24)7-10(16(21)18-22)8-14(15)20(25)26/h3-9,17,22H,1-2H3,(H,18,21). The van der Waals surface area contributed by atoms with Gasteiger partial charge in [-0.05, 0) is 17.5 Å². The second kappa shape index (κ2) is 7.57. The minimum atomic E-state index is -1.09. The number of hydroxylamine groups is 1. The minimum Gasteiger partial charge on any atom is -0.344 e. The largest absolute Gasteiger partial charge is 0.344 e. The molecule has 136 valence electrons. The van der Waals surface area contributed by atoms with Gasteiger partial charge in [-0.1, -0.05) is 32.0 Å². The van der Waals surface area contributed by atoms with Crippen LogP contribution < -0.4 is 10.8 Å². The van der Waals surface area contributed by atoms with Crippen molar-refractivity contribution in [2.75, 3.05) is 5.32 Å². The lowest BCUT2D eigenvalue weighted by atomic mass is 10.0. The molecule has 10 heteroatoms. The summed E-state index contributed by atoms with van der Waals surface area (Å²) >= 11 is 0. The molecular formula is C16H16N4O6. The number of benzene rings is 2. The molecule has 0 aliphatic heterocycles. The number of anilines is 2. The molecule has 10 nitrogen and oxygen atoms in total. The van der Waals surface area contributed by atoms with Crippen LogP contribution in [-0.4, -0.2) is 21.0 Å². The smallest absolute Gasteiger partial charge is 0.300 e. The third-order valence-electron chi connectivity index (χ3n) is 3.70. The summed E-state index contributed by atoms with van der Waals surface area (Å²) in [5, 5.41) is 34.3. The quantitative estimate of drug-likeness (QED) is 0.405. The van der Waals surface area contributed by atoms with E-state index in [1.807, 2.05) is 13.8 Å². The summed E-state index contributed by atoms with van der Waals surface area (Å²) in [5.74, 6) is -1.03. The second-order valence-corrected chi connectivity index (χ2v) is 5.71. The van der Waals surface area contributed by atoms with E-state index < -0.39 is 32.7 Å². The van der Waals surface area contributed by atoms with Crippen molar-refractivity contribution < 1.29 is 19.8 Å². The molecule has 0 aromatic heterocycles. The van der Waals surface area contributed by atoms with Gasteiger partial charge in [0.2, 0.25) is 0 Å². The fraction of sp³-hybridized carbons (Fsp3) is 0.188. The lowest BCUT2D eigenvalue weighted by Gasteiger charge is -2.15. The number of hydrogen-bond donors (Lipinski definition) is 3. The molecular weight excluding hydrogens is 344 g/mol. The monoisotopic (exact) mass is 360 g/mol. The number of para-hydroxylation sites is 1. The molecule has 0 spiro atoms. The fourth-order valence-electron chi connectivity index (χ4n) is 2.47. The van der Waals surface area contributed by atoms with Crippen LogP contribution in [0.15, 0.2) is 36.4 Å². The van der Waals surface area contributed by atoms with Crippen molar-refractivity contribution in [3.63, 3.8) is 0 Å². The average molecular weight is 360 g/mol. The number of nitro groups is 2. The van der Waals surface area contributed by atoms with Gasteiger partial charge in [-0.3, -0.25) is 30.2 Å². The molecule has 0 aliphatic carbocycles. The number of carbonyl (C=O) groups excluding carboxylic acids is 1. The van der Waals surface area contributed by atoms with Crippen molar-refractivity contribution in [3.05, 3.63) is 67.8 Å². The van der Waals surface area contributed by atoms with E-state index in [4.69, 9.17) is 5.21 Å². The molecule has 0 aliphatic rings. The van der Waals surface area contributed by atoms with Crippen LogP contribution in [0.4, 0.5) is 22.7 Å². The number of nitrogens with one attached hydrogen (secondary N) is 2. The van der Waals surface area contributed by atoms with Crippen molar-refractivity contribution in [2.45, 2.75) is 19.8 Å². The van der Waals surface area contributed by atoms with E-state index in [0.29, 0.717) is 5.69 Å². The molecule has 0 unspecified atom stereocenters. The maximum atomic E-state index is 11.5. The van der Waals surface area contributed by atoms with E-state index in [0.717, 1.165) is 17.7 Å². The molecule has 0 heterocycles. The zero-order valence-electron chi connectivity index (χ0n) is 13.9. The number of nitro benzene ring substituents is 2. The van der Waals surface area contributed by atoms with Crippen molar-refractivity contribution >= 4 is 28.7 Å². The van der Waals surface area contributed by atoms with E-state index in [9.17, 15) is 25.0 Å². The van der Waals surface area contributed by atoms with Gasteiger partial charge in [0.15, 0.2) is 5.69 Å². The molecule has 2 aromatic rings. The molecule has 0 bridgehead atoms. The Morgan fingerprint density at radius 1 is 1.08 bits per heavy atom. The Labute approximate surface area is 147 Å². The molecule has 0 fully saturated rings. The molecule has 0 saturated heterocycles. The van der Waals surface area contributed by atoms with Gasteiger partial charge in [-0.15, -0.1) is 0 Å². The Kier molecular flexibility index (Phi) is 5.48. The van der Waals surface area contributed by atoms with Gasteiger partial charge in [-0.2, -0.15) is 0 Å². The van der Waals surface area contributed by atoms with Crippen molar-refractivity contribution in [1.82, 2.24) is 5.48 Å². The summed E-state index contributed by atoms with van der Waals surface area (Å²) in [4.78, 5) is 32.7. The summed E-state index contributed by atoms with van der Waals surface area (Å²) < 4.78 is 0. The zero-order chi connectivity index (χ0) is 19.4. The highest BCUT2D eigenvalue weighted by molar-refractivity contribution is 5.97. The Bertz CT molecular complexity index is 846. The number of rotatable bonds is 6. The fourth-order valence-corrected chi connectivity index (χ4v) is 2.47. The molecule has 26 heavy (non-hydrogen) atoms. The Hall–Kier alpha value is -3.53. The zero-order valence-corrected chi connectivity index (χ0v) is 13.9. The lowest BCUT2D eigenvalue weighted by molar-refractivity contribution is -0.392. The van der Waals surface area contributed by atoms with Gasteiger partial charge in [0.1, 0.15) is 0 Å². The molecule has 1 amide bonds. The summed E-state index contributed by atoms with van der Waals surface area (Å²) in [6.45, 7) is 3.83. The molecule has 0 saturated carbocycles. The maximum Gasteiger partial charge on any atom is 0.300 e. The predicted octanol–water partition coefficient (Wildman–Crippen LogP) is 3.49. The van der Waals surface area contributed by atoms with Gasteiger partial charge in [0, 0.05) is 17.8 Å². The predicted molar refractivity (Wildman–Crippen MR) is 92.8 cm³/mol. The first-order valence-corrected chi connectivity index (χ1v) is 7.53. The normalized spacial score (nSPS) is 10.5. The van der Waals surface area contributed by atoms with Crippen molar-refractivity contribution in [3.8, 4) is 0 Å². The summed E-state index contributed by atoms with van der Waals surface area (Å²) in [7, 11) is 0. The van der Waals surface area contributed by atoms with E-state index in [-0.39, 0.29) is 11.6 Å². The lowest BCUT2D eigenvalue weighted by Crippen LogP contribution is -2.19. The molecule has 2 aromatic carbocycles. The van der Waals surface area contributed by atoms with Crippen LogP contribution in [0.2, 0.25) is 0 Å². The molecule has 0 radical (unpaired) electrons. The Morgan fingerprint density at radius 2 is 1.62 bits per heavy atom. The van der Waals surface area contributed by atoms with Gasteiger partial charge in [0.05, 0.1) is 15.4 Å². The SMILES string of the molecule is CC(C)c1ccccc1Nc1c([N+](=O)[O-])cc(C(=O)NO)cc1[N+](=O)[O-]. The van der Waals surface area contributed by atoms with E-state index in [1.165, 1.54) is 5.48 Å². The van der Waals surface area contributed by atoms with Crippen LogP contribution in [0.3, 0.4) is 0 Å². The Morgan fingerprint density at radius 3 is 2.08 bits per heavy atom. The van der Waals surface area contributed by atoms with E-state index >= 15 is 0 Å². The summed E-state index contributed by atoms with van der Waals surface area (Å²) in [6.07, 6.45) is 0. The number of carbonyl (C=O) groups is 1. The maximum absolute atomic E-state index is 11.5. The van der Waals surface area contributed by atoms with E-state index in [1.54, 1.807) is 24.3 Å². The molecule has 3 N–H and O–H groups in total. The second-order valence-electron chi connectivity index (χ2n) is 5.71. The van der Waals surface area contributed by atoms with Crippen molar-refractivity contribution in [1.29, 1.82) is 0 Å². The first kappa shape index (κ1) is 18.8. The topological polar surface area (TPSA) is 148 Å². The number of nitrogens with zero attached hydrogens (tertiary/aromatic N) is 2. The van der Waals surface area contributed by atoms with Gasteiger partial charge in [0.25, 0.3) is 5.91 Å². The molecule has 2 rings (SSSR count). The van der Waals surface area contributed by atoms with Crippen LogP contribution >= 0.6 is 0 Å². The third-order valence-corrected chi connectivity index (χ3v) is 3.70.